The Bertz CT molecular complexity index is 1570. The molecule has 0 radical (unpaired) electrons. The molecule has 190 valence electrons. The number of aromatic amines is 1. The van der Waals surface area contributed by atoms with Crippen molar-refractivity contribution in [1.82, 2.24) is 25.4 Å². The lowest BCUT2D eigenvalue weighted by atomic mass is 10.1. The van der Waals surface area contributed by atoms with E-state index >= 15 is 0 Å². The predicted octanol–water partition coefficient (Wildman–Crippen LogP) is 5.53. The van der Waals surface area contributed by atoms with Crippen LogP contribution in [0, 0.1) is 20.8 Å². The highest BCUT2D eigenvalue weighted by Crippen LogP contribution is 2.22. The molecule has 2 heterocycles. The van der Waals surface area contributed by atoms with Gasteiger partial charge in [-0.25, -0.2) is 10.1 Å². The maximum absolute atomic E-state index is 12.6. The fourth-order valence-electron chi connectivity index (χ4n) is 4.04. The van der Waals surface area contributed by atoms with E-state index in [1.165, 1.54) is 5.56 Å². The molecule has 2 aromatic heterocycles. The molecule has 3 aromatic carbocycles. The number of amides is 1. The quantitative estimate of drug-likeness (QED) is 0.214. The fourth-order valence-corrected chi connectivity index (χ4v) is 4.04. The molecule has 0 aliphatic carbocycles. The first kappa shape index (κ1) is 24.7. The Kier molecular flexibility index (Phi) is 7.13. The largest absolute Gasteiger partial charge is 0.489 e. The van der Waals surface area contributed by atoms with Crippen LogP contribution < -0.4 is 10.2 Å². The summed E-state index contributed by atoms with van der Waals surface area (Å²) in [5.74, 6) is 0.377. The highest BCUT2D eigenvalue weighted by atomic mass is 16.5. The second-order valence-electron chi connectivity index (χ2n) is 9.00. The molecule has 5 rings (SSSR count). The summed E-state index contributed by atoms with van der Waals surface area (Å²) >= 11 is 0. The third kappa shape index (κ3) is 5.54. The standard InChI is InChI=1S/C30H28N6O2/c1-20-9-11-23(12-10-20)19-38-26-15-13-24(14-16-26)28-17-29(33-32-28)30(37)34-31-18-27-21(2)35-36(22(27)3)25-7-5-4-6-8-25/h4-18H,19H2,1-3H3,(H,32,33)(H,34,37)/b31-18-. The number of rotatable bonds is 8. The number of ether oxygens (including phenoxy) is 1. The lowest BCUT2D eigenvalue weighted by Gasteiger charge is -2.07. The van der Waals surface area contributed by atoms with Gasteiger partial charge in [0.05, 0.1) is 29.0 Å². The van der Waals surface area contributed by atoms with E-state index in [1.54, 1.807) is 12.3 Å². The molecular weight excluding hydrogens is 476 g/mol. The van der Waals surface area contributed by atoms with Crippen LogP contribution in [0.1, 0.15) is 38.6 Å². The van der Waals surface area contributed by atoms with Crippen molar-refractivity contribution in [3.63, 3.8) is 0 Å². The third-order valence-corrected chi connectivity index (χ3v) is 6.21. The zero-order valence-electron chi connectivity index (χ0n) is 21.5. The summed E-state index contributed by atoms with van der Waals surface area (Å²) in [6, 6.07) is 27.4. The van der Waals surface area contributed by atoms with Crippen molar-refractivity contribution >= 4 is 12.1 Å². The van der Waals surface area contributed by atoms with Gasteiger partial charge in [-0.2, -0.15) is 15.3 Å². The van der Waals surface area contributed by atoms with E-state index in [2.05, 4.69) is 57.0 Å². The lowest BCUT2D eigenvalue weighted by Crippen LogP contribution is -2.18. The van der Waals surface area contributed by atoms with Gasteiger partial charge in [0.25, 0.3) is 5.91 Å². The molecule has 0 fully saturated rings. The first-order valence-electron chi connectivity index (χ1n) is 12.3. The monoisotopic (exact) mass is 504 g/mol. The number of nitrogens with one attached hydrogen (secondary N) is 2. The van der Waals surface area contributed by atoms with E-state index in [1.807, 2.05) is 73.1 Å². The van der Waals surface area contributed by atoms with E-state index < -0.39 is 0 Å². The smallest absolute Gasteiger partial charge is 0.289 e. The normalized spacial score (nSPS) is 11.1. The van der Waals surface area contributed by atoms with Gasteiger partial charge in [-0.15, -0.1) is 0 Å². The Morgan fingerprint density at radius 3 is 2.47 bits per heavy atom. The Morgan fingerprint density at radius 1 is 1.00 bits per heavy atom. The fraction of sp³-hybridized carbons (Fsp3) is 0.133. The van der Waals surface area contributed by atoms with Crippen LogP contribution in [0.5, 0.6) is 5.75 Å². The number of hydrogen-bond donors (Lipinski definition) is 2. The van der Waals surface area contributed by atoms with Crippen LogP contribution in [0.25, 0.3) is 16.9 Å². The molecule has 0 saturated carbocycles. The number of aryl methyl sites for hydroxylation is 2. The van der Waals surface area contributed by atoms with E-state index in [0.717, 1.165) is 39.5 Å². The van der Waals surface area contributed by atoms with Crippen LogP contribution in [-0.2, 0) is 6.61 Å². The minimum atomic E-state index is -0.385. The summed E-state index contributed by atoms with van der Waals surface area (Å²) in [5, 5.41) is 15.8. The van der Waals surface area contributed by atoms with Crippen LogP contribution in [0.3, 0.4) is 0 Å². The van der Waals surface area contributed by atoms with E-state index in [0.29, 0.717) is 18.0 Å². The number of hydrazone groups is 1. The van der Waals surface area contributed by atoms with Crippen LogP contribution in [0.15, 0.2) is 90.0 Å². The number of hydrogen-bond acceptors (Lipinski definition) is 5. The molecule has 8 nitrogen and oxygen atoms in total. The number of para-hydroxylation sites is 1. The van der Waals surface area contributed by atoms with E-state index in [-0.39, 0.29) is 5.91 Å². The van der Waals surface area contributed by atoms with Crippen molar-refractivity contribution in [2.24, 2.45) is 5.10 Å². The van der Waals surface area contributed by atoms with Gasteiger partial charge in [-0.3, -0.25) is 9.89 Å². The number of carbonyl (C=O) groups is 1. The van der Waals surface area contributed by atoms with Crippen molar-refractivity contribution in [1.29, 1.82) is 0 Å². The average molecular weight is 505 g/mol. The summed E-state index contributed by atoms with van der Waals surface area (Å²) < 4.78 is 7.74. The average Bonchev–Trinajstić information content (AvgIpc) is 3.54. The Balaban J connectivity index is 1.20. The molecule has 5 aromatic rings. The molecule has 0 aliphatic heterocycles. The molecule has 8 heteroatoms. The Morgan fingerprint density at radius 2 is 1.74 bits per heavy atom. The zero-order valence-corrected chi connectivity index (χ0v) is 21.5. The maximum Gasteiger partial charge on any atom is 0.289 e. The van der Waals surface area contributed by atoms with Crippen molar-refractivity contribution < 1.29 is 9.53 Å². The molecule has 0 atom stereocenters. The molecule has 2 N–H and O–H groups in total. The molecule has 0 aliphatic rings. The summed E-state index contributed by atoms with van der Waals surface area (Å²) in [4.78, 5) is 12.6. The van der Waals surface area contributed by atoms with Gasteiger partial charge in [0.2, 0.25) is 0 Å². The van der Waals surface area contributed by atoms with Crippen LogP contribution in [0.4, 0.5) is 0 Å². The first-order valence-corrected chi connectivity index (χ1v) is 12.3. The number of aromatic nitrogens is 4. The van der Waals surface area contributed by atoms with Gasteiger partial charge in [0, 0.05) is 11.1 Å². The highest BCUT2D eigenvalue weighted by molar-refractivity contribution is 5.94. The van der Waals surface area contributed by atoms with Gasteiger partial charge < -0.3 is 4.74 Å². The second-order valence-corrected chi connectivity index (χ2v) is 9.00. The zero-order chi connectivity index (χ0) is 26.5. The SMILES string of the molecule is Cc1ccc(COc2ccc(-c3cc(C(=O)N/N=C\c4c(C)nn(-c5ccccc5)c4C)[nH]n3)cc2)cc1. The number of nitrogens with zero attached hydrogens (tertiary/aromatic N) is 4. The van der Waals surface area contributed by atoms with Gasteiger partial charge >= 0.3 is 0 Å². The lowest BCUT2D eigenvalue weighted by molar-refractivity contribution is 0.0950. The number of benzene rings is 3. The third-order valence-electron chi connectivity index (χ3n) is 6.21. The van der Waals surface area contributed by atoms with E-state index in [4.69, 9.17) is 4.74 Å². The van der Waals surface area contributed by atoms with Crippen molar-refractivity contribution in [2.45, 2.75) is 27.4 Å². The molecule has 0 saturated heterocycles. The summed E-state index contributed by atoms with van der Waals surface area (Å²) in [5.41, 5.74) is 10.3. The second kappa shape index (κ2) is 11.0. The van der Waals surface area contributed by atoms with Crippen LogP contribution >= 0.6 is 0 Å². The van der Waals surface area contributed by atoms with Crippen LogP contribution in [-0.4, -0.2) is 32.1 Å². The predicted molar refractivity (Wildman–Crippen MR) is 148 cm³/mol. The summed E-state index contributed by atoms with van der Waals surface area (Å²) in [7, 11) is 0. The maximum atomic E-state index is 12.6. The highest BCUT2D eigenvalue weighted by Gasteiger charge is 2.13. The molecular formula is C30H28N6O2. The number of carbonyl (C=O) groups excluding carboxylic acids is 1. The summed E-state index contributed by atoms with van der Waals surface area (Å²) in [6.07, 6.45) is 1.61. The van der Waals surface area contributed by atoms with E-state index in [9.17, 15) is 4.79 Å². The number of H-pyrrole nitrogens is 1. The van der Waals surface area contributed by atoms with Crippen LogP contribution in [0.2, 0.25) is 0 Å². The molecule has 1 amide bonds. The Labute approximate surface area is 221 Å². The molecule has 38 heavy (non-hydrogen) atoms. The first-order chi connectivity index (χ1) is 18.5. The van der Waals surface area contributed by atoms with Crippen molar-refractivity contribution in [3.8, 4) is 22.7 Å². The van der Waals surface area contributed by atoms with Crippen molar-refractivity contribution in [2.75, 3.05) is 0 Å². The van der Waals surface area contributed by atoms with Crippen molar-refractivity contribution in [3.05, 3.63) is 119 Å². The minimum Gasteiger partial charge on any atom is -0.489 e. The molecule has 0 bridgehead atoms. The minimum absolute atomic E-state index is 0.310. The van der Waals surface area contributed by atoms with Gasteiger partial charge in [-0.1, -0.05) is 48.0 Å². The molecule has 0 unspecified atom stereocenters. The van der Waals surface area contributed by atoms with Gasteiger partial charge in [0.15, 0.2) is 0 Å². The Hall–Kier alpha value is -4.98. The van der Waals surface area contributed by atoms with Gasteiger partial charge in [-0.05, 0) is 68.8 Å². The summed E-state index contributed by atoms with van der Waals surface area (Å²) in [6.45, 7) is 6.44. The topological polar surface area (TPSA) is 97.2 Å². The molecule has 0 spiro atoms. The van der Waals surface area contributed by atoms with Gasteiger partial charge in [0.1, 0.15) is 18.1 Å².